The predicted molar refractivity (Wildman–Crippen MR) is 100 cm³/mol. The highest BCUT2D eigenvalue weighted by Gasteiger charge is 2.47. The Balaban J connectivity index is 1.81. The molecule has 0 spiro atoms. The lowest BCUT2D eigenvalue weighted by Crippen LogP contribution is -2.37. The Morgan fingerprint density at radius 1 is 1.19 bits per heavy atom. The van der Waals surface area contributed by atoms with Crippen LogP contribution in [0.15, 0.2) is 48.7 Å². The van der Waals surface area contributed by atoms with Crippen LogP contribution in [0.2, 0.25) is 5.02 Å². The molecule has 0 bridgehead atoms. The molecule has 1 aromatic heterocycles. The lowest BCUT2D eigenvalue weighted by molar-refractivity contribution is -0.143. The Morgan fingerprint density at radius 3 is 2.70 bits per heavy atom. The summed E-state index contributed by atoms with van der Waals surface area (Å²) in [4.78, 5) is 21.2. The van der Waals surface area contributed by atoms with Gasteiger partial charge in [-0.3, -0.25) is 4.79 Å². The van der Waals surface area contributed by atoms with Crippen molar-refractivity contribution in [2.24, 2.45) is 0 Å². The van der Waals surface area contributed by atoms with E-state index in [2.05, 4.69) is 9.97 Å². The van der Waals surface area contributed by atoms with Crippen LogP contribution < -0.4 is 0 Å². The van der Waals surface area contributed by atoms with Crippen molar-refractivity contribution in [3.05, 3.63) is 81.9 Å². The quantitative estimate of drug-likeness (QED) is 0.730. The summed E-state index contributed by atoms with van der Waals surface area (Å²) in [6.45, 7) is 1.61. The molecule has 1 atom stereocenters. The van der Waals surface area contributed by atoms with Crippen molar-refractivity contribution in [2.45, 2.75) is 25.2 Å². The van der Waals surface area contributed by atoms with Gasteiger partial charge in [0.15, 0.2) is 5.82 Å². The van der Waals surface area contributed by atoms with E-state index in [9.17, 15) is 14.3 Å². The topological polar surface area (TPSA) is 63.1 Å². The van der Waals surface area contributed by atoms with Crippen molar-refractivity contribution in [2.75, 3.05) is 0 Å². The molecule has 1 aliphatic carbocycles. The number of fused-ring (bicyclic) bond motifs is 1. The van der Waals surface area contributed by atoms with Crippen molar-refractivity contribution < 1.29 is 14.3 Å². The zero-order valence-electron chi connectivity index (χ0n) is 14.5. The Bertz CT molecular complexity index is 1070. The standard InChI is InChI=1S/C21H16ClFN2O2/c1-12-15(6-4-8-17(12)23)21(20(26)27)9-13-11-24-19(25-18(13)10-21)14-5-2-3-7-16(14)22/h2-8,11H,9-10H2,1H3,(H,26,27). The van der Waals surface area contributed by atoms with E-state index in [0.29, 0.717) is 33.2 Å². The molecule has 0 radical (unpaired) electrons. The predicted octanol–water partition coefficient (Wildman–Crippen LogP) is 4.37. The van der Waals surface area contributed by atoms with Crippen LogP contribution in [0.3, 0.4) is 0 Å². The number of carboxylic acids is 1. The van der Waals surface area contributed by atoms with Crippen LogP contribution in [0.5, 0.6) is 0 Å². The third-order valence-corrected chi connectivity index (χ3v) is 5.55. The summed E-state index contributed by atoms with van der Waals surface area (Å²) in [5.41, 5.74) is 1.70. The van der Waals surface area contributed by atoms with Crippen LogP contribution in [-0.4, -0.2) is 21.0 Å². The minimum absolute atomic E-state index is 0.182. The maximum atomic E-state index is 14.1. The molecule has 0 saturated heterocycles. The number of rotatable bonds is 3. The van der Waals surface area contributed by atoms with Gasteiger partial charge in [-0.25, -0.2) is 14.4 Å². The first-order valence-electron chi connectivity index (χ1n) is 8.51. The van der Waals surface area contributed by atoms with Crippen molar-refractivity contribution in [3.63, 3.8) is 0 Å². The molecule has 1 N–H and O–H groups in total. The number of nitrogens with zero attached hydrogens (tertiary/aromatic N) is 2. The van der Waals surface area contributed by atoms with Gasteiger partial charge >= 0.3 is 5.97 Å². The molecule has 27 heavy (non-hydrogen) atoms. The van der Waals surface area contributed by atoms with E-state index in [1.807, 2.05) is 18.2 Å². The van der Waals surface area contributed by atoms with E-state index in [-0.39, 0.29) is 12.8 Å². The van der Waals surface area contributed by atoms with E-state index in [4.69, 9.17) is 11.6 Å². The fraction of sp³-hybridized carbons (Fsp3) is 0.190. The van der Waals surface area contributed by atoms with E-state index in [0.717, 1.165) is 5.56 Å². The lowest BCUT2D eigenvalue weighted by atomic mass is 9.76. The molecule has 1 unspecified atom stereocenters. The Labute approximate surface area is 160 Å². The molecule has 1 heterocycles. The van der Waals surface area contributed by atoms with Crippen LogP contribution in [-0.2, 0) is 23.1 Å². The largest absolute Gasteiger partial charge is 0.481 e. The molecule has 0 saturated carbocycles. The zero-order valence-corrected chi connectivity index (χ0v) is 15.3. The smallest absolute Gasteiger partial charge is 0.314 e. The van der Waals surface area contributed by atoms with E-state index < -0.39 is 17.2 Å². The molecule has 0 aliphatic heterocycles. The first kappa shape index (κ1) is 17.6. The second-order valence-electron chi connectivity index (χ2n) is 6.80. The van der Waals surface area contributed by atoms with E-state index in [1.54, 1.807) is 31.3 Å². The number of carboxylic acid groups (broad SMARTS) is 1. The van der Waals surface area contributed by atoms with Crippen LogP contribution in [0.1, 0.15) is 22.4 Å². The second-order valence-corrected chi connectivity index (χ2v) is 7.21. The first-order valence-corrected chi connectivity index (χ1v) is 8.89. The highest BCUT2D eigenvalue weighted by Crippen LogP contribution is 2.41. The number of hydrogen-bond donors (Lipinski definition) is 1. The summed E-state index contributed by atoms with van der Waals surface area (Å²) in [6, 6.07) is 11.8. The highest BCUT2D eigenvalue weighted by molar-refractivity contribution is 6.33. The van der Waals surface area contributed by atoms with Gasteiger partial charge in [-0.1, -0.05) is 35.9 Å². The molecular formula is C21H16ClFN2O2. The van der Waals surface area contributed by atoms with Gasteiger partial charge in [0, 0.05) is 23.9 Å². The molecule has 0 amide bonds. The van der Waals surface area contributed by atoms with Crippen LogP contribution >= 0.6 is 11.6 Å². The molecular weight excluding hydrogens is 367 g/mol. The molecule has 6 heteroatoms. The fourth-order valence-electron chi connectivity index (χ4n) is 3.77. The highest BCUT2D eigenvalue weighted by atomic mass is 35.5. The van der Waals surface area contributed by atoms with Crippen molar-refractivity contribution >= 4 is 17.6 Å². The Morgan fingerprint density at radius 2 is 1.96 bits per heavy atom. The summed E-state index contributed by atoms with van der Waals surface area (Å²) in [7, 11) is 0. The number of halogens is 2. The summed E-state index contributed by atoms with van der Waals surface area (Å²) in [5.74, 6) is -0.947. The summed E-state index contributed by atoms with van der Waals surface area (Å²) >= 11 is 6.23. The van der Waals surface area contributed by atoms with Crippen molar-refractivity contribution in [3.8, 4) is 11.4 Å². The van der Waals surface area contributed by atoms with Crippen LogP contribution in [0.25, 0.3) is 11.4 Å². The minimum Gasteiger partial charge on any atom is -0.481 e. The zero-order chi connectivity index (χ0) is 19.2. The van der Waals surface area contributed by atoms with Crippen LogP contribution in [0, 0.1) is 12.7 Å². The Hall–Kier alpha value is -2.79. The third-order valence-electron chi connectivity index (χ3n) is 5.22. The molecule has 4 rings (SSSR count). The van der Waals surface area contributed by atoms with Crippen LogP contribution in [0.4, 0.5) is 4.39 Å². The molecule has 1 aliphatic rings. The van der Waals surface area contributed by atoms with Gasteiger partial charge in [0.25, 0.3) is 0 Å². The van der Waals surface area contributed by atoms with Gasteiger partial charge in [-0.2, -0.15) is 0 Å². The van der Waals surface area contributed by atoms with Gasteiger partial charge in [-0.15, -0.1) is 0 Å². The summed E-state index contributed by atoms with van der Waals surface area (Å²) < 4.78 is 14.1. The lowest BCUT2D eigenvalue weighted by Gasteiger charge is -2.26. The minimum atomic E-state index is -1.25. The number of benzene rings is 2. The molecule has 4 nitrogen and oxygen atoms in total. The normalized spacial score (nSPS) is 18.3. The fourth-order valence-corrected chi connectivity index (χ4v) is 3.99. The number of aromatic nitrogens is 2. The maximum absolute atomic E-state index is 14.1. The van der Waals surface area contributed by atoms with Gasteiger partial charge in [-0.05, 0) is 48.2 Å². The summed E-state index contributed by atoms with van der Waals surface area (Å²) in [6.07, 6.45) is 2.06. The molecule has 3 aromatic rings. The third kappa shape index (κ3) is 2.79. The van der Waals surface area contributed by atoms with E-state index in [1.165, 1.54) is 6.07 Å². The van der Waals surface area contributed by atoms with Gasteiger partial charge < -0.3 is 5.11 Å². The van der Waals surface area contributed by atoms with E-state index >= 15 is 0 Å². The van der Waals surface area contributed by atoms with Gasteiger partial charge in [0.2, 0.25) is 0 Å². The molecule has 136 valence electrons. The van der Waals surface area contributed by atoms with Gasteiger partial charge in [0.1, 0.15) is 11.2 Å². The number of hydrogen-bond acceptors (Lipinski definition) is 3. The molecule has 0 fully saturated rings. The second kappa shape index (κ2) is 6.43. The first-order chi connectivity index (χ1) is 12.9. The number of carbonyl (C=O) groups is 1. The molecule has 2 aromatic carbocycles. The van der Waals surface area contributed by atoms with Crippen molar-refractivity contribution in [1.82, 2.24) is 9.97 Å². The maximum Gasteiger partial charge on any atom is 0.314 e. The van der Waals surface area contributed by atoms with Crippen molar-refractivity contribution in [1.29, 1.82) is 0 Å². The number of aliphatic carboxylic acids is 1. The SMILES string of the molecule is Cc1c(F)cccc1C1(C(=O)O)Cc2cnc(-c3ccccc3Cl)nc2C1. The Kier molecular flexibility index (Phi) is 4.19. The monoisotopic (exact) mass is 382 g/mol. The van der Waals surface area contributed by atoms with Gasteiger partial charge in [0.05, 0.1) is 5.02 Å². The summed E-state index contributed by atoms with van der Waals surface area (Å²) in [5, 5.41) is 10.6. The average Bonchev–Trinajstić information content (AvgIpc) is 3.04. The average molecular weight is 383 g/mol.